The summed E-state index contributed by atoms with van der Waals surface area (Å²) >= 11 is 0. The molecule has 34 heavy (non-hydrogen) atoms. The second-order valence-electron chi connectivity index (χ2n) is 8.71. The first-order valence-corrected chi connectivity index (χ1v) is 10.8. The third kappa shape index (κ3) is 3.45. The summed E-state index contributed by atoms with van der Waals surface area (Å²) in [6, 6.07) is 7.78. The normalized spacial score (nSPS) is 21.4. The number of nitrogens with one attached hydrogen (secondary N) is 1. The van der Waals surface area contributed by atoms with E-state index >= 15 is 0 Å². The number of benzene rings is 2. The molecule has 2 N–H and O–H groups in total. The number of aryl methyl sites for hydroxylation is 1. The first-order chi connectivity index (χ1) is 16.1. The van der Waals surface area contributed by atoms with Crippen LogP contribution >= 0.6 is 0 Å². The maximum Gasteiger partial charge on any atom is 0.326 e. The van der Waals surface area contributed by atoms with E-state index in [1.165, 1.54) is 25.1 Å². The van der Waals surface area contributed by atoms with Gasteiger partial charge in [-0.1, -0.05) is 24.3 Å². The Bertz CT molecular complexity index is 1210. The van der Waals surface area contributed by atoms with Crippen molar-refractivity contribution in [3.8, 4) is 11.1 Å². The van der Waals surface area contributed by atoms with E-state index in [1.54, 1.807) is 18.2 Å². The van der Waals surface area contributed by atoms with Crippen molar-refractivity contribution < 1.29 is 37.7 Å². The number of carboxylic acid groups (broad SMARTS) is 1. The molecule has 5 rings (SSSR count). The molecule has 0 aromatic heterocycles. The van der Waals surface area contributed by atoms with Crippen LogP contribution in [0.5, 0.6) is 0 Å². The molecule has 10 heteroatoms. The average Bonchev–Trinajstić information content (AvgIpc) is 3.48. The van der Waals surface area contributed by atoms with Crippen molar-refractivity contribution in [3.05, 3.63) is 58.7 Å². The summed E-state index contributed by atoms with van der Waals surface area (Å²) in [5, 5.41) is 12.0. The summed E-state index contributed by atoms with van der Waals surface area (Å²) in [5.74, 6) is -6.72. The van der Waals surface area contributed by atoms with Gasteiger partial charge in [0, 0.05) is 23.1 Å². The number of carbonyl (C=O) groups excluding carboxylic acids is 2. The molecule has 2 amide bonds. The van der Waals surface area contributed by atoms with E-state index in [4.69, 9.17) is 9.47 Å². The van der Waals surface area contributed by atoms with Crippen LogP contribution in [0, 0.1) is 6.92 Å². The van der Waals surface area contributed by atoms with Crippen LogP contribution in [0.4, 0.5) is 8.78 Å². The lowest BCUT2D eigenvalue weighted by molar-refractivity contribution is -0.152. The number of fused-ring (bicyclic) bond motifs is 3. The van der Waals surface area contributed by atoms with Gasteiger partial charge in [-0.15, -0.1) is 0 Å². The molecule has 1 atom stereocenters. The number of alkyl halides is 2. The number of halogens is 2. The molecule has 0 bridgehead atoms. The number of nitrogens with zero attached hydrogens (tertiary/aromatic N) is 1. The third-order valence-electron chi connectivity index (χ3n) is 6.58. The number of amides is 2. The van der Waals surface area contributed by atoms with Gasteiger partial charge in [-0.3, -0.25) is 9.59 Å². The highest BCUT2D eigenvalue weighted by Gasteiger charge is 2.52. The molecule has 2 fully saturated rings. The van der Waals surface area contributed by atoms with E-state index in [0.29, 0.717) is 18.8 Å². The van der Waals surface area contributed by atoms with E-state index in [2.05, 4.69) is 5.32 Å². The molecule has 0 radical (unpaired) electrons. The number of hydrogen-bond acceptors (Lipinski definition) is 5. The van der Waals surface area contributed by atoms with E-state index in [0.717, 1.165) is 4.90 Å². The fraction of sp³-hybridized carbons (Fsp3) is 0.375. The highest BCUT2D eigenvalue weighted by molar-refractivity contribution is 5.99. The van der Waals surface area contributed by atoms with Crippen molar-refractivity contribution in [2.45, 2.75) is 31.1 Å². The Morgan fingerprint density at radius 2 is 1.85 bits per heavy atom. The van der Waals surface area contributed by atoms with Gasteiger partial charge < -0.3 is 24.8 Å². The van der Waals surface area contributed by atoms with Crippen molar-refractivity contribution >= 4 is 17.8 Å². The second kappa shape index (κ2) is 7.85. The van der Waals surface area contributed by atoms with Crippen LogP contribution in [0.1, 0.15) is 33.5 Å². The van der Waals surface area contributed by atoms with Crippen LogP contribution < -0.4 is 5.32 Å². The summed E-state index contributed by atoms with van der Waals surface area (Å²) in [4.78, 5) is 38.4. The standard InChI is InChI=1S/C24H22F2N2O6/c1-13-8-14(9-16-15-4-2-3-5-17(15)24(25,26)20(13)16)21(30)27-11-19(29)28-12-23(33-6-7-34-23)10-18(28)22(31)32/h2-5,8-9,18H,6-7,10-12H2,1H3,(H,27,30)(H,31,32)/t18-/m0/s1. The largest absolute Gasteiger partial charge is 0.480 e. The number of ether oxygens (including phenoxy) is 2. The number of likely N-dealkylation sites (tertiary alicyclic amines) is 1. The molecule has 0 unspecified atom stereocenters. The van der Waals surface area contributed by atoms with E-state index in [9.17, 15) is 28.3 Å². The minimum Gasteiger partial charge on any atom is -0.480 e. The van der Waals surface area contributed by atoms with Gasteiger partial charge in [0.1, 0.15) is 6.04 Å². The predicted octanol–water partition coefficient (Wildman–Crippen LogP) is 2.27. The monoisotopic (exact) mass is 472 g/mol. The van der Waals surface area contributed by atoms with Gasteiger partial charge in [-0.25, -0.2) is 4.79 Å². The van der Waals surface area contributed by atoms with Crippen LogP contribution in [-0.2, 0) is 25.0 Å². The third-order valence-corrected chi connectivity index (χ3v) is 6.58. The molecule has 2 aromatic rings. The second-order valence-corrected chi connectivity index (χ2v) is 8.71. The van der Waals surface area contributed by atoms with Gasteiger partial charge >= 0.3 is 5.97 Å². The molecule has 2 aromatic carbocycles. The molecule has 1 spiro atoms. The Balaban J connectivity index is 1.34. The predicted molar refractivity (Wildman–Crippen MR) is 114 cm³/mol. The Kier molecular flexibility index (Phi) is 5.18. The first kappa shape index (κ1) is 22.4. The molecule has 8 nitrogen and oxygen atoms in total. The molecule has 178 valence electrons. The van der Waals surface area contributed by atoms with Gasteiger partial charge in [0.15, 0.2) is 5.79 Å². The van der Waals surface area contributed by atoms with Gasteiger partial charge in [-0.05, 0) is 35.7 Å². The Morgan fingerprint density at radius 3 is 2.56 bits per heavy atom. The molecule has 1 aliphatic carbocycles. The minimum atomic E-state index is -3.16. The van der Waals surface area contributed by atoms with Crippen LogP contribution in [0.25, 0.3) is 11.1 Å². The number of carboxylic acids is 1. The molecule has 2 heterocycles. The van der Waals surface area contributed by atoms with Gasteiger partial charge in [0.25, 0.3) is 11.8 Å². The van der Waals surface area contributed by atoms with Crippen LogP contribution in [-0.4, -0.2) is 65.9 Å². The lowest BCUT2D eigenvalue weighted by Crippen LogP contribution is -2.46. The van der Waals surface area contributed by atoms with E-state index < -0.39 is 42.1 Å². The van der Waals surface area contributed by atoms with E-state index in [1.807, 2.05) is 0 Å². The van der Waals surface area contributed by atoms with Crippen molar-refractivity contribution in [3.63, 3.8) is 0 Å². The average molecular weight is 472 g/mol. The van der Waals surface area contributed by atoms with Crippen LogP contribution in [0.15, 0.2) is 36.4 Å². The maximum absolute atomic E-state index is 15.0. The van der Waals surface area contributed by atoms with Gasteiger partial charge in [-0.2, -0.15) is 8.78 Å². The minimum absolute atomic E-state index is 0.000340. The highest BCUT2D eigenvalue weighted by atomic mass is 19.3. The van der Waals surface area contributed by atoms with E-state index in [-0.39, 0.29) is 40.8 Å². The highest BCUT2D eigenvalue weighted by Crippen LogP contribution is 2.52. The zero-order valence-corrected chi connectivity index (χ0v) is 18.3. The van der Waals surface area contributed by atoms with Crippen molar-refractivity contribution in [2.24, 2.45) is 0 Å². The molecular weight excluding hydrogens is 450 g/mol. The Labute approximate surface area is 193 Å². The number of carbonyl (C=O) groups is 3. The molecule has 2 saturated heterocycles. The number of hydrogen-bond donors (Lipinski definition) is 2. The summed E-state index contributed by atoms with van der Waals surface area (Å²) in [6.45, 7) is 1.63. The number of rotatable bonds is 4. The summed E-state index contributed by atoms with van der Waals surface area (Å²) in [5.41, 5.74) is 0.786. The van der Waals surface area contributed by atoms with Crippen molar-refractivity contribution in [2.75, 3.05) is 26.3 Å². The van der Waals surface area contributed by atoms with Gasteiger partial charge in [0.2, 0.25) is 5.91 Å². The summed E-state index contributed by atoms with van der Waals surface area (Å²) in [6.07, 6.45) is -0.000340. The number of aliphatic carboxylic acids is 1. The zero-order chi connectivity index (χ0) is 24.3. The van der Waals surface area contributed by atoms with Crippen LogP contribution in [0.3, 0.4) is 0 Å². The molecular formula is C24H22F2N2O6. The lowest BCUT2D eigenvalue weighted by atomic mass is 9.97. The van der Waals surface area contributed by atoms with Crippen LogP contribution in [0.2, 0.25) is 0 Å². The summed E-state index contributed by atoms with van der Waals surface area (Å²) < 4.78 is 41.0. The Morgan fingerprint density at radius 1 is 1.15 bits per heavy atom. The first-order valence-electron chi connectivity index (χ1n) is 10.8. The zero-order valence-electron chi connectivity index (χ0n) is 18.3. The van der Waals surface area contributed by atoms with Crippen molar-refractivity contribution in [1.82, 2.24) is 10.2 Å². The smallest absolute Gasteiger partial charge is 0.326 e. The molecule has 2 aliphatic heterocycles. The lowest BCUT2D eigenvalue weighted by Gasteiger charge is -2.23. The topological polar surface area (TPSA) is 105 Å². The SMILES string of the molecule is Cc1cc(C(=O)NCC(=O)N2CC3(C[C@H]2C(=O)O)OCCO3)cc2c1C(F)(F)c1ccccc1-2. The molecule has 3 aliphatic rings. The summed E-state index contributed by atoms with van der Waals surface area (Å²) in [7, 11) is 0. The Hall–Kier alpha value is -3.37. The maximum atomic E-state index is 15.0. The van der Waals surface area contributed by atoms with Gasteiger partial charge in [0.05, 0.1) is 26.3 Å². The molecule has 0 saturated carbocycles. The fourth-order valence-corrected chi connectivity index (χ4v) is 5.06. The fourth-order valence-electron chi connectivity index (χ4n) is 5.06. The van der Waals surface area contributed by atoms with Crippen molar-refractivity contribution in [1.29, 1.82) is 0 Å². The quantitative estimate of drug-likeness (QED) is 0.708.